The molecule has 1 aliphatic heterocycles. The van der Waals surface area contributed by atoms with Crippen molar-refractivity contribution in [3.05, 3.63) is 101 Å². The van der Waals surface area contributed by atoms with E-state index < -0.39 is 5.60 Å². The van der Waals surface area contributed by atoms with Crippen LogP contribution in [0.5, 0.6) is 5.75 Å². The van der Waals surface area contributed by atoms with Gasteiger partial charge in [-0.2, -0.15) is 0 Å². The number of nitrogens with zero attached hydrogens (tertiary/aromatic N) is 1. The molecule has 0 spiro atoms. The molecule has 1 aliphatic rings. The molecule has 3 aromatic carbocycles. The Kier molecular flexibility index (Phi) is 7.10. The van der Waals surface area contributed by atoms with Crippen LogP contribution in [0, 0.1) is 0 Å². The van der Waals surface area contributed by atoms with Crippen LogP contribution in [-0.4, -0.2) is 35.5 Å². The summed E-state index contributed by atoms with van der Waals surface area (Å²) in [6.07, 6.45) is 1.80. The monoisotopic (exact) mass is 496 g/mol. The minimum Gasteiger partial charge on any atom is -0.478 e. The highest BCUT2D eigenvalue weighted by Crippen LogP contribution is 2.27. The molecule has 0 radical (unpaired) electrons. The normalized spacial score (nSPS) is 15.0. The Morgan fingerprint density at radius 1 is 0.973 bits per heavy atom. The summed E-state index contributed by atoms with van der Waals surface area (Å²) in [5.41, 5.74) is 1.34. The number of rotatable bonds is 7. The first-order chi connectivity index (χ1) is 17.9. The van der Waals surface area contributed by atoms with Crippen molar-refractivity contribution in [2.75, 3.05) is 13.1 Å². The predicted octanol–water partition coefficient (Wildman–Crippen LogP) is 5.40. The second kappa shape index (κ2) is 10.6. The lowest BCUT2D eigenvalue weighted by molar-refractivity contribution is -0.135. The van der Waals surface area contributed by atoms with Crippen molar-refractivity contribution in [3.63, 3.8) is 0 Å². The second-order valence-electron chi connectivity index (χ2n) is 10.1. The van der Waals surface area contributed by atoms with Crippen molar-refractivity contribution < 1.29 is 13.9 Å². The average molecular weight is 497 g/mol. The molecule has 0 bridgehead atoms. The molecule has 0 saturated carbocycles. The van der Waals surface area contributed by atoms with E-state index in [9.17, 15) is 9.59 Å². The molecule has 0 unspecified atom stereocenters. The fraction of sp³-hybridized carbons (Fsp3) is 0.290. The van der Waals surface area contributed by atoms with E-state index in [1.807, 2.05) is 36.4 Å². The lowest BCUT2D eigenvalue weighted by atomic mass is 10.0. The van der Waals surface area contributed by atoms with E-state index in [0.717, 1.165) is 38.0 Å². The number of likely N-dealkylation sites (tertiary alicyclic amines) is 1. The topological polar surface area (TPSA) is 71.8 Å². The lowest BCUT2D eigenvalue weighted by Gasteiger charge is -2.34. The molecule has 6 nitrogen and oxygen atoms in total. The lowest BCUT2D eigenvalue weighted by Crippen LogP contribution is -2.52. The number of hydrogen-bond acceptors (Lipinski definition) is 5. The molecule has 1 amide bonds. The first-order valence-corrected chi connectivity index (χ1v) is 12.8. The molecule has 37 heavy (non-hydrogen) atoms. The minimum absolute atomic E-state index is 0.116. The smallest absolute Gasteiger partial charge is 0.263 e. The third-order valence-electron chi connectivity index (χ3n) is 6.85. The quantitative estimate of drug-likeness (QED) is 0.371. The van der Waals surface area contributed by atoms with Crippen LogP contribution in [0.4, 0.5) is 0 Å². The number of carbonyl (C=O) groups is 1. The van der Waals surface area contributed by atoms with Crippen molar-refractivity contribution >= 4 is 16.9 Å². The zero-order chi connectivity index (χ0) is 25.8. The molecule has 1 N–H and O–H groups in total. The van der Waals surface area contributed by atoms with Gasteiger partial charge in [0.1, 0.15) is 17.1 Å². The SMILES string of the molecule is CC(C)(Oc1ccc2c(=O)cc(-c3ccccc3)oc2c1)C(=O)NC1CCN(Cc2ccccc2)CC1. The third kappa shape index (κ3) is 5.92. The van der Waals surface area contributed by atoms with Gasteiger partial charge in [-0.1, -0.05) is 60.7 Å². The van der Waals surface area contributed by atoms with Gasteiger partial charge in [0.25, 0.3) is 5.91 Å². The van der Waals surface area contributed by atoms with Gasteiger partial charge in [0.15, 0.2) is 11.0 Å². The molecule has 0 atom stereocenters. The molecule has 5 rings (SSSR count). The third-order valence-corrected chi connectivity index (χ3v) is 6.85. The largest absolute Gasteiger partial charge is 0.478 e. The molecule has 1 fully saturated rings. The Morgan fingerprint density at radius 2 is 1.65 bits per heavy atom. The molecule has 1 saturated heterocycles. The second-order valence-corrected chi connectivity index (χ2v) is 10.1. The van der Waals surface area contributed by atoms with Gasteiger partial charge in [-0.3, -0.25) is 14.5 Å². The van der Waals surface area contributed by atoms with Gasteiger partial charge in [0, 0.05) is 43.4 Å². The van der Waals surface area contributed by atoms with Crippen molar-refractivity contribution in [2.45, 2.75) is 44.9 Å². The number of nitrogens with one attached hydrogen (secondary N) is 1. The average Bonchev–Trinajstić information content (AvgIpc) is 2.90. The molecule has 4 aromatic rings. The van der Waals surface area contributed by atoms with Gasteiger partial charge in [-0.15, -0.1) is 0 Å². The summed E-state index contributed by atoms with van der Waals surface area (Å²) in [6.45, 7) is 6.32. The van der Waals surface area contributed by atoms with Crippen molar-refractivity contribution in [1.29, 1.82) is 0 Å². The van der Waals surface area contributed by atoms with Crippen molar-refractivity contribution in [3.8, 4) is 17.1 Å². The van der Waals surface area contributed by atoms with Gasteiger partial charge in [0.2, 0.25) is 0 Å². The van der Waals surface area contributed by atoms with E-state index in [1.165, 1.54) is 11.6 Å². The summed E-state index contributed by atoms with van der Waals surface area (Å²) >= 11 is 0. The molecular formula is C31H32N2O4. The standard InChI is InChI=1S/C31H32N2O4/c1-31(2,30(35)32-24-15-17-33(18-16-24)21-22-9-5-3-6-10-22)37-25-13-14-26-27(34)20-28(36-29(26)19-25)23-11-7-4-8-12-23/h3-14,19-20,24H,15-18,21H2,1-2H3,(H,32,35). The highest BCUT2D eigenvalue weighted by Gasteiger charge is 2.32. The van der Waals surface area contributed by atoms with Gasteiger partial charge in [0.05, 0.1) is 5.39 Å². The van der Waals surface area contributed by atoms with E-state index in [4.69, 9.17) is 9.15 Å². The summed E-state index contributed by atoms with van der Waals surface area (Å²) in [5.74, 6) is 0.804. The van der Waals surface area contributed by atoms with Crippen LogP contribution >= 0.6 is 0 Å². The zero-order valence-corrected chi connectivity index (χ0v) is 21.3. The van der Waals surface area contributed by atoms with E-state index in [0.29, 0.717) is 22.5 Å². The molecule has 190 valence electrons. The van der Waals surface area contributed by atoms with Crippen molar-refractivity contribution in [1.82, 2.24) is 10.2 Å². The molecule has 6 heteroatoms. The summed E-state index contributed by atoms with van der Waals surface area (Å²) < 4.78 is 12.1. The van der Waals surface area contributed by atoms with Gasteiger partial charge in [-0.05, 0) is 44.4 Å². The maximum atomic E-state index is 13.1. The van der Waals surface area contributed by atoms with E-state index in [1.54, 1.807) is 32.0 Å². The van der Waals surface area contributed by atoms with Crippen molar-refractivity contribution in [2.24, 2.45) is 0 Å². The van der Waals surface area contributed by atoms with Crippen LogP contribution in [-0.2, 0) is 11.3 Å². The maximum absolute atomic E-state index is 13.1. The number of benzene rings is 3. The van der Waals surface area contributed by atoms with E-state index >= 15 is 0 Å². The number of hydrogen-bond donors (Lipinski definition) is 1. The summed E-state index contributed by atoms with van der Waals surface area (Å²) in [5, 5.41) is 3.65. The Bertz CT molecular complexity index is 1420. The fourth-order valence-corrected chi connectivity index (χ4v) is 4.72. The fourth-order valence-electron chi connectivity index (χ4n) is 4.72. The minimum atomic E-state index is -1.09. The highest BCUT2D eigenvalue weighted by molar-refractivity contribution is 5.85. The molecule has 0 aliphatic carbocycles. The van der Waals surface area contributed by atoms with Gasteiger partial charge >= 0.3 is 0 Å². The Morgan fingerprint density at radius 3 is 2.35 bits per heavy atom. The highest BCUT2D eigenvalue weighted by atomic mass is 16.5. The first-order valence-electron chi connectivity index (χ1n) is 12.8. The summed E-state index contributed by atoms with van der Waals surface area (Å²) in [7, 11) is 0. The zero-order valence-electron chi connectivity index (χ0n) is 21.3. The van der Waals surface area contributed by atoms with Crippen LogP contribution in [0.2, 0.25) is 0 Å². The Labute approximate surface area is 216 Å². The summed E-state index contributed by atoms with van der Waals surface area (Å²) in [4.78, 5) is 28.2. The van der Waals surface area contributed by atoms with E-state index in [-0.39, 0.29) is 17.4 Å². The molecule has 1 aromatic heterocycles. The van der Waals surface area contributed by atoms with Crippen LogP contribution in [0.3, 0.4) is 0 Å². The van der Waals surface area contributed by atoms with Gasteiger partial charge < -0.3 is 14.5 Å². The Balaban J connectivity index is 1.22. The van der Waals surface area contributed by atoms with E-state index in [2.05, 4.69) is 34.5 Å². The number of carbonyl (C=O) groups excluding carboxylic acids is 1. The number of piperidine rings is 1. The van der Waals surface area contributed by atoms with Gasteiger partial charge in [-0.25, -0.2) is 0 Å². The maximum Gasteiger partial charge on any atom is 0.263 e. The Hall–Kier alpha value is -3.90. The first kappa shape index (κ1) is 24.8. The predicted molar refractivity (Wildman–Crippen MR) is 146 cm³/mol. The van der Waals surface area contributed by atoms with Crippen LogP contribution in [0.25, 0.3) is 22.3 Å². The number of amides is 1. The van der Waals surface area contributed by atoms with Crippen LogP contribution in [0.1, 0.15) is 32.3 Å². The molecular weight excluding hydrogens is 464 g/mol. The number of ether oxygens (including phenoxy) is 1. The molecule has 2 heterocycles. The number of fused-ring (bicyclic) bond motifs is 1. The van der Waals surface area contributed by atoms with Crippen LogP contribution < -0.4 is 15.5 Å². The summed E-state index contributed by atoms with van der Waals surface area (Å²) in [6, 6.07) is 26.6. The van der Waals surface area contributed by atoms with Crippen LogP contribution in [0.15, 0.2) is 94.1 Å².